The van der Waals surface area contributed by atoms with Crippen molar-refractivity contribution in [2.45, 2.75) is 37.8 Å². The molecule has 4 heterocycles. The Labute approximate surface area is 161 Å². The van der Waals surface area contributed by atoms with Gasteiger partial charge in [-0.2, -0.15) is 5.10 Å². The van der Waals surface area contributed by atoms with E-state index in [1.807, 2.05) is 40.7 Å². The highest BCUT2D eigenvalue weighted by Crippen LogP contribution is 2.37. The molecule has 0 radical (unpaired) electrons. The van der Waals surface area contributed by atoms with Gasteiger partial charge in [0, 0.05) is 47.2 Å². The number of rotatable bonds is 4. The molecular formula is C20H22N4O2S. The highest BCUT2D eigenvalue weighted by molar-refractivity contribution is 7.13. The maximum Gasteiger partial charge on any atom is 0.254 e. The van der Waals surface area contributed by atoms with Crippen LogP contribution >= 0.6 is 11.3 Å². The third-order valence-corrected chi connectivity index (χ3v) is 6.26. The van der Waals surface area contributed by atoms with Crippen LogP contribution in [0.15, 0.2) is 48.2 Å². The van der Waals surface area contributed by atoms with Crippen molar-refractivity contribution in [2.24, 2.45) is 0 Å². The predicted molar refractivity (Wildman–Crippen MR) is 104 cm³/mol. The van der Waals surface area contributed by atoms with Crippen LogP contribution in [0.3, 0.4) is 0 Å². The topological polar surface area (TPSA) is 82.1 Å². The highest BCUT2D eigenvalue weighted by atomic mass is 32.1. The average Bonchev–Trinajstić information content (AvgIpc) is 3.39. The first-order chi connectivity index (χ1) is 13.1. The first-order valence-electron chi connectivity index (χ1n) is 9.13. The lowest BCUT2D eigenvalue weighted by Crippen LogP contribution is -2.51. The minimum absolute atomic E-state index is 0.0180. The second-order valence-electron chi connectivity index (χ2n) is 6.95. The molecule has 3 aromatic rings. The van der Waals surface area contributed by atoms with Crippen LogP contribution in [0.25, 0.3) is 10.4 Å². The number of H-pyrrole nitrogens is 1. The van der Waals surface area contributed by atoms with Crippen molar-refractivity contribution < 1.29 is 9.90 Å². The Hall–Kier alpha value is -2.51. The molecule has 7 heteroatoms. The number of carbonyl (C=O) groups excluding carboxylic acids is 1. The lowest BCUT2D eigenvalue weighted by atomic mass is 9.82. The molecule has 3 aromatic heterocycles. The minimum Gasteiger partial charge on any atom is -0.383 e. The maximum atomic E-state index is 13.1. The fraction of sp³-hybridized carbons (Fsp3) is 0.350. The lowest BCUT2D eigenvalue weighted by Gasteiger charge is -2.43. The molecule has 2 atom stereocenters. The van der Waals surface area contributed by atoms with E-state index in [1.165, 1.54) is 11.3 Å². The summed E-state index contributed by atoms with van der Waals surface area (Å²) in [5.41, 5.74) is 1.38. The predicted octanol–water partition coefficient (Wildman–Crippen LogP) is 3.44. The number of aliphatic hydroxyl groups is 1. The first-order valence-corrected chi connectivity index (χ1v) is 10.0. The summed E-state index contributed by atoms with van der Waals surface area (Å²) in [7, 11) is 0. The minimum atomic E-state index is -0.977. The third-order valence-electron chi connectivity index (χ3n) is 5.28. The number of pyridine rings is 1. The maximum absolute atomic E-state index is 13.1. The van der Waals surface area contributed by atoms with Gasteiger partial charge in [0.1, 0.15) is 5.60 Å². The number of nitrogens with zero attached hydrogens (tertiary/aromatic N) is 3. The molecular weight excluding hydrogens is 360 g/mol. The summed E-state index contributed by atoms with van der Waals surface area (Å²) in [5.74, 6) is 0.0240. The van der Waals surface area contributed by atoms with Gasteiger partial charge in [-0.25, -0.2) is 0 Å². The monoisotopic (exact) mass is 382 g/mol. The van der Waals surface area contributed by atoms with Gasteiger partial charge < -0.3 is 10.0 Å². The Kier molecular flexibility index (Phi) is 4.80. The third kappa shape index (κ3) is 3.40. The zero-order valence-electron chi connectivity index (χ0n) is 15.1. The van der Waals surface area contributed by atoms with Crippen LogP contribution in [0.4, 0.5) is 0 Å². The first kappa shape index (κ1) is 17.9. The van der Waals surface area contributed by atoms with Gasteiger partial charge >= 0.3 is 0 Å². The summed E-state index contributed by atoms with van der Waals surface area (Å²) < 4.78 is 0. The van der Waals surface area contributed by atoms with Gasteiger partial charge in [-0.1, -0.05) is 13.0 Å². The standard InChI is InChI=1S/C20H22N4O2S/c1-2-16-10-20(26,18-5-3-4-7-21-18)6-8-24(16)19(25)14-9-17(27-13-14)15-11-22-23-12-15/h3-5,7,9,11-13,16,26H,2,6,8,10H2,1H3,(H,22,23). The Morgan fingerprint density at radius 2 is 2.37 bits per heavy atom. The molecule has 1 fully saturated rings. The van der Waals surface area contributed by atoms with Crippen LogP contribution in [0.2, 0.25) is 0 Å². The summed E-state index contributed by atoms with van der Waals surface area (Å²) in [6.07, 6.45) is 7.07. The molecule has 140 valence electrons. The molecule has 2 unspecified atom stereocenters. The molecule has 0 saturated carbocycles. The van der Waals surface area contributed by atoms with Gasteiger partial charge in [-0.3, -0.25) is 14.9 Å². The smallest absolute Gasteiger partial charge is 0.254 e. The van der Waals surface area contributed by atoms with Crippen LogP contribution in [0.5, 0.6) is 0 Å². The van der Waals surface area contributed by atoms with Gasteiger partial charge in [-0.05, 0) is 31.0 Å². The van der Waals surface area contributed by atoms with Crippen LogP contribution in [-0.2, 0) is 5.60 Å². The Balaban J connectivity index is 1.53. The number of aromatic amines is 1. The number of thiophene rings is 1. The van der Waals surface area contributed by atoms with Crippen molar-refractivity contribution >= 4 is 17.2 Å². The van der Waals surface area contributed by atoms with E-state index >= 15 is 0 Å². The number of hydrogen-bond donors (Lipinski definition) is 2. The van der Waals surface area contributed by atoms with Crippen molar-refractivity contribution in [3.8, 4) is 10.4 Å². The van der Waals surface area contributed by atoms with Gasteiger partial charge in [-0.15, -0.1) is 11.3 Å². The quantitative estimate of drug-likeness (QED) is 0.724. The number of piperidine rings is 1. The van der Waals surface area contributed by atoms with Crippen molar-refractivity contribution in [3.05, 3.63) is 59.5 Å². The van der Waals surface area contributed by atoms with E-state index in [0.717, 1.165) is 16.9 Å². The van der Waals surface area contributed by atoms with E-state index in [4.69, 9.17) is 0 Å². The van der Waals surface area contributed by atoms with Crippen LogP contribution in [0, 0.1) is 0 Å². The molecule has 27 heavy (non-hydrogen) atoms. The van der Waals surface area contributed by atoms with Gasteiger partial charge in [0.2, 0.25) is 0 Å². The van der Waals surface area contributed by atoms with E-state index in [9.17, 15) is 9.90 Å². The average molecular weight is 382 g/mol. The fourth-order valence-electron chi connectivity index (χ4n) is 3.74. The lowest BCUT2D eigenvalue weighted by molar-refractivity contribution is -0.0473. The Morgan fingerprint density at radius 1 is 1.48 bits per heavy atom. The molecule has 1 saturated heterocycles. The summed E-state index contributed by atoms with van der Waals surface area (Å²) in [6.45, 7) is 2.57. The van der Waals surface area contributed by atoms with E-state index in [0.29, 0.717) is 30.6 Å². The van der Waals surface area contributed by atoms with E-state index in [-0.39, 0.29) is 11.9 Å². The number of aromatic nitrogens is 3. The Bertz CT molecular complexity index is 909. The molecule has 0 spiro atoms. The van der Waals surface area contributed by atoms with Crippen molar-refractivity contribution in [2.75, 3.05) is 6.54 Å². The molecule has 0 bridgehead atoms. The van der Waals surface area contributed by atoms with Crippen LogP contribution in [0.1, 0.15) is 42.2 Å². The number of likely N-dealkylation sites (tertiary alicyclic amines) is 1. The van der Waals surface area contributed by atoms with Crippen LogP contribution in [-0.4, -0.2) is 43.7 Å². The molecule has 1 amide bonds. The second-order valence-corrected chi connectivity index (χ2v) is 7.86. The molecule has 0 aliphatic carbocycles. The summed E-state index contributed by atoms with van der Waals surface area (Å²) in [6, 6.07) is 7.50. The number of hydrogen-bond acceptors (Lipinski definition) is 5. The second kappa shape index (κ2) is 7.25. The zero-order valence-corrected chi connectivity index (χ0v) is 15.9. The van der Waals surface area contributed by atoms with Crippen molar-refractivity contribution in [1.29, 1.82) is 0 Å². The molecule has 2 N–H and O–H groups in total. The Morgan fingerprint density at radius 3 is 3.07 bits per heavy atom. The molecule has 1 aliphatic rings. The number of carbonyl (C=O) groups is 1. The fourth-order valence-corrected chi connectivity index (χ4v) is 4.61. The summed E-state index contributed by atoms with van der Waals surface area (Å²) in [5, 5.41) is 19.8. The normalized spacial score (nSPS) is 22.7. The van der Waals surface area contributed by atoms with Crippen molar-refractivity contribution in [1.82, 2.24) is 20.1 Å². The summed E-state index contributed by atoms with van der Waals surface area (Å²) >= 11 is 1.54. The SMILES string of the molecule is CCC1CC(O)(c2ccccn2)CCN1C(=O)c1csc(-c2cn[nH]c2)c1. The van der Waals surface area contributed by atoms with Crippen molar-refractivity contribution in [3.63, 3.8) is 0 Å². The van der Waals surface area contributed by atoms with E-state index in [2.05, 4.69) is 22.1 Å². The zero-order chi connectivity index (χ0) is 18.9. The van der Waals surface area contributed by atoms with Crippen LogP contribution < -0.4 is 0 Å². The van der Waals surface area contributed by atoms with Gasteiger partial charge in [0.05, 0.1) is 17.5 Å². The molecule has 0 aromatic carbocycles. The van der Waals surface area contributed by atoms with E-state index in [1.54, 1.807) is 12.4 Å². The van der Waals surface area contributed by atoms with E-state index < -0.39 is 5.60 Å². The highest BCUT2D eigenvalue weighted by Gasteiger charge is 2.41. The molecule has 4 rings (SSSR count). The number of nitrogens with one attached hydrogen (secondary N) is 1. The molecule has 1 aliphatic heterocycles. The van der Waals surface area contributed by atoms with Gasteiger partial charge in [0.25, 0.3) is 5.91 Å². The largest absolute Gasteiger partial charge is 0.383 e. The van der Waals surface area contributed by atoms with Gasteiger partial charge in [0.15, 0.2) is 0 Å². The summed E-state index contributed by atoms with van der Waals surface area (Å²) in [4.78, 5) is 20.4. The molecule has 6 nitrogen and oxygen atoms in total. The number of amides is 1.